The first-order valence-electron chi connectivity index (χ1n) is 5.71. The van der Waals surface area contributed by atoms with Crippen LogP contribution in [0.5, 0.6) is 0 Å². The number of nitrogens with two attached hydrogens (primary N) is 1. The monoisotopic (exact) mass is 214 g/mol. The maximum Gasteiger partial charge on any atom is 0.240 e. The maximum atomic E-state index is 12.1. The van der Waals surface area contributed by atoms with E-state index in [0.717, 1.165) is 6.42 Å². The van der Waals surface area contributed by atoms with E-state index in [-0.39, 0.29) is 23.9 Å². The van der Waals surface area contributed by atoms with Crippen LogP contribution in [-0.2, 0) is 9.53 Å². The van der Waals surface area contributed by atoms with E-state index in [2.05, 4.69) is 6.92 Å². The molecule has 0 spiro atoms. The lowest BCUT2D eigenvalue weighted by molar-refractivity contribution is -0.141. The number of morpholine rings is 1. The van der Waals surface area contributed by atoms with Crippen LogP contribution in [0.2, 0.25) is 0 Å². The van der Waals surface area contributed by atoms with Gasteiger partial charge in [0, 0.05) is 6.54 Å². The Morgan fingerprint density at radius 1 is 1.67 bits per heavy atom. The molecular weight excluding hydrogens is 192 g/mol. The van der Waals surface area contributed by atoms with Crippen molar-refractivity contribution in [3.8, 4) is 0 Å². The summed E-state index contributed by atoms with van der Waals surface area (Å²) in [7, 11) is 0. The molecule has 0 aromatic carbocycles. The molecule has 1 aliphatic rings. The van der Waals surface area contributed by atoms with Gasteiger partial charge in [0.25, 0.3) is 0 Å². The standard InChI is InChI=1S/C11H22N2O2/c1-4-8(2)10(12)11(14)13-5-6-15-7-9(13)3/h8-10H,4-7,12H2,1-3H3/t8?,9?,10-/m0/s1. The predicted molar refractivity (Wildman–Crippen MR) is 59.4 cm³/mol. The van der Waals surface area contributed by atoms with Crippen LogP contribution in [0, 0.1) is 5.92 Å². The van der Waals surface area contributed by atoms with E-state index in [1.54, 1.807) is 0 Å². The highest BCUT2D eigenvalue weighted by Gasteiger charge is 2.29. The zero-order valence-corrected chi connectivity index (χ0v) is 9.90. The molecule has 2 N–H and O–H groups in total. The van der Waals surface area contributed by atoms with E-state index in [9.17, 15) is 4.79 Å². The predicted octanol–water partition coefficient (Wildman–Crippen LogP) is 0.607. The zero-order chi connectivity index (χ0) is 11.4. The van der Waals surface area contributed by atoms with Crippen LogP contribution in [-0.4, -0.2) is 42.6 Å². The second-order valence-electron chi connectivity index (χ2n) is 4.37. The molecule has 1 rings (SSSR count). The molecule has 0 radical (unpaired) electrons. The van der Waals surface area contributed by atoms with Gasteiger partial charge < -0.3 is 15.4 Å². The Balaban J connectivity index is 2.57. The summed E-state index contributed by atoms with van der Waals surface area (Å²) < 4.78 is 5.29. The number of amides is 1. The van der Waals surface area contributed by atoms with Gasteiger partial charge in [0.05, 0.1) is 25.3 Å². The molecule has 1 fully saturated rings. The summed E-state index contributed by atoms with van der Waals surface area (Å²) in [6, 6.07) is -0.211. The minimum atomic E-state index is -0.365. The van der Waals surface area contributed by atoms with Crippen LogP contribution in [0.25, 0.3) is 0 Å². The smallest absolute Gasteiger partial charge is 0.240 e. The Morgan fingerprint density at radius 2 is 2.33 bits per heavy atom. The van der Waals surface area contributed by atoms with Crippen molar-refractivity contribution >= 4 is 5.91 Å². The first kappa shape index (κ1) is 12.5. The summed E-state index contributed by atoms with van der Waals surface area (Å²) in [5.74, 6) is 0.313. The van der Waals surface area contributed by atoms with Crippen LogP contribution in [0.4, 0.5) is 0 Å². The van der Waals surface area contributed by atoms with Gasteiger partial charge in [-0.25, -0.2) is 0 Å². The van der Waals surface area contributed by atoms with E-state index in [1.807, 2.05) is 18.7 Å². The van der Waals surface area contributed by atoms with E-state index < -0.39 is 0 Å². The van der Waals surface area contributed by atoms with Crippen molar-refractivity contribution in [2.75, 3.05) is 19.8 Å². The molecule has 0 bridgehead atoms. The highest BCUT2D eigenvalue weighted by molar-refractivity contribution is 5.82. The third-order valence-electron chi connectivity index (χ3n) is 3.19. The molecule has 88 valence electrons. The van der Waals surface area contributed by atoms with Gasteiger partial charge in [0.2, 0.25) is 5.91 Å². The SMILES string of the molecule is CCC(C)[C@H](N)C(=O)N1CCOCC1C. The fourth-order valence-electron chi connectivity index (χ4n) is 1.74. The van der Waals surface area contributed by atoms with Crippen LogP contribution in [0.15, 0.2) is 0 Å². The van der Waals surface area contributed by atoms with Gasteiger partial charge in [-0.3, -0.25) is 4.79 Å². The quantitative estimate of drug-likeness (QED) is 0.749. The zero-order valence-electron chi connectivity index (χ0n) is 9.90. The number of ether oxygens (including phenoxy) is 1. The Bertz CT molecular complexity index is 221. The molecule has 3 atom stereocenters. The molecule has 1 saturated heterocycles. The normalized spacial score (nSPS) is 26.1. The molecule has 0 saturated carbocycles. The van der Waals surface area contributed by atoms with Gasteiger partial charge >= 0.3 is 0 Å². The molecule has 4 nitrogen and oxygen atoms in total. The average Bonchev–Trinajstić information content (AvgIpc) is 2.26. The second-order valence-corrected chi connectivity index (χ2v) is 4.37. The summed E-state index contributed by atoms with van der Waals surface area (Å²) in [4.78, 5) is 13.9. The second kappa shape index (κ2) is 5.47. The third kappa shape index (κ3) is 2.92. The molecule has 1 amide bonds. The summed E-state index contributed by atoms with van der Waals surface area (Å²) in [5, 5.41) is 0. The summed E-state index contributed by atoms with van der Waals surface area (Å²) >= 11 is 0. The number of nitrogens with zero attached hydrogens (tertiary/aromatic N) is 1. The summed E-state index contributed by atoms with van der Waals surface area (Å²) in [6.07, 6.45) is 0.936. The molecule has 0 aromatic rings. The maximum absolute atomic E-state index is 12.1. The largest absolute Gasteiger partial charge is 0.377 e. The van der Waals surface area contributed by atoms with Crippen molar-refractivity contribution in [1.29, 1.82) is 0 Å². The highest BCUT2D eigenvalue weighted by atomic mass is 16.5. The molecule has 0 aromatic heterocycles. The van der Waals surface area contributed by atoms with Crippen LogP contribution >= 0.6 is 0 Å². The molecule has 1 aliphatic heterocycles. The average molecular weight is 214 g/mol. The topological polar surface area (TPSA) is 55.6 Å². The number of hydrogen-bond donors (Lipinski definition) is 1. The molecule has 1 heterocycles. The Labute approximate surface area is 91.8 Å². The van der Waals surface area contributed by atoms with Gasteiger partial charge in [-0.2, -0.15) is 0 Å². The fraction of sp³-hybridized carbons (Fsp3) is 0.909. The molecular formula is C11H22N2O2. The molecule has 15 heavy (non-hydrogen) atoms. The Morgan fingerprint density at radius 3 is 2.87 bits per heavy atom. The number of carbonyl (C=O) groups excluding carboxylic acids is 1. The molecule has 0 aliphatic carbocycles. The van der Waals surface area contributed by atoms with E-state index >= 15 is 0 Å². The van der Waals surface area contributed by atoms with Gasteiger partial charge in [-0.15, -0.1) is 0 Å². The van der Waals surface area contributed by atoms with Crippen molar-refractivity contribution < 1.29 is 9.53 Å². The van der Waals surface area contributed by atoms with Gasteiger partial charge in [-0.1, -0.05) is 20.3 Å². The van der Waals surface area contributed by atoms with E-state index in [1.165, 1.54) is 0 Å². The lowest BCUT2D eigenvalue weighted by atomic mass is 9.98. The number of carbonyl (C=O) groups is 1. The minimum absolute atomic E-state index is 0.0696. The van der Waals surface area contributed by atoms with Gasteiger partial charge in [0.1, 0.15) is 0 Å². The van der Waals surface area contributed by atoms with Crippen molar-refractivity contribution in [2.24, 2.45) is 11.7 Å². The summed E-state index contributed by atoms with van der Waals surface area (Å²) in [6.45, 7) is 8.00. The lowest BCUT2D eigenvalue weighted by Crippen LogP contribution is -2.54. The van der Waals surface area contributed by atoms with Crippen molar-refractivity contribution in [1.82, 2.24) is 4.90 Å². The van der Waals surface area contributed by atoms with E-state index in [4.69, 9.17) is 10.5 Å². The van der Waals surface area contributed by atoms with E-state index in [0.29, 0.717) is 19.8 Å². The van der Waals surface area contributed by atoms with Crippen LogP contribution in [0.1, 0.15) is 27.2 Å². The third-order valence-corrected chi connectivity index (χ3v) is 3.19. The summed E-state index contributed by atoms with van der Waals surface area (Å²) in [5.41, 5.74) is 5.93. The minimum Gasteiger partial charge on any atom is -0.377 e. The van der Waals surface area contributed by atoms with Crippen molar-refractivity contribution in [3.05, 3.63) is 0 Å². The first-order valence-corrected chi connectivity index (χ1v) is 5.71. The molecule has 2 unspecified atom stereocenters. The van der Waals surface area contributed by atoms with Crippen molar-refractivity contribution in [2.45, 2.75) is 39.3 Å². The fourth-order valence-corrected chi connectivity index (χ4v) is 1.74. The molecule has 4 heteroatoms. The number of hydrogen-bond acceptors (Lipinski definition) is 3. The van der Waals surface area contributed by atoms with Crippen molar-refractivity contribution in [3.63, 3.8) is 0 Å². The highest BCUT2D eigenvalue weighted by Crippen LogP contribution is 2.13. The number of rotatable bonds is 3. The Hall–Kier alpha value is -0.610. The first-order chi connectivity index (χ1) is 7.07. The Kier molecular flexibility index (Phi) is 4.54. The van der Waals surface area contributed by atoms with Crippen LogP contribution < -0.4 is 5.73 Å². The van der Waals surface area contributed by atoms with Crippen LogP contribution in [0.3, 0.4) is 0 Å². The lowest BCUT2D eigenvalue weighted by Gasteiger charge is -2.36. The van der Waals surface area contributed by atoms with Gasteiger partial charge in [0.15, 0.2) is 0 Å². The van der Waals surface area contributed by atoms with Gasteiger partial charge in [-0.05, 0) is 12.8 Å².